The van der Waals surface area contributed by atoms with Crippen molar-refractivity contribution in [3.63, 3.8) is 0 Å². The lowest BCUT2D eigenvalue weighted by Gasteiger charge is -2.47. The SMILES string of the molecule is C[C@]1(O)C[C@@H]2CCC[C@](O)(C1)O2. The van der Waals surface area contributed by atoms with Gasteiger partial charge in [-0.2, -0.15) is 0 Å². The Morgan fingerprint density at radius 3 is 2.83 bits per heavy atom. The summed E-state index contributed by atoms with van der Waals surface area (Å²) < 4.78 is 5.44. The van der Waals surface area contributed by atoms with Crippen LogP contribution in [0, 0.1) is 0 Å². The highest BCUT2D eigenvalue weighted by Gasteiger charge is 2.47. The van der Waals surface area contributed by atoms with Crippen LogP contribution in [0.15, 0.2) is 0 Å². The molecule has 2 fully saturated rings. The van der Waals surface area contributed by atoms with E-state index in [-0.39, 0.29) is 6.10 Å². The van der Waals surface area contributed by atoms with E-state index in [9.17, 15) is 10.2 Å². The Hall–Kier alpha value is -0.120. The van der Waals surface area contributed by atoms with Crippen LogP contribution in [0.5, 0.6) is 0 Å². The van der Waals surface area contributed by atoms with Crippen LogP contribution in [0.25, 0.3) is 0 Å². The molecule has 0 amide bonds. The third-order valence-corrected chi connectivity index (χ3v) is 2.80. The minimum absolute atomic E-state index is 0.0625. The standard InChI is InChI=1S/C9H16O3/c1-8(10)5-7-3-2-4-9(11,6-8)12-7/h7,10-11H,2-6H2,1H3/t7-,8-,9+/m0/s1. The van der Waals surface area contributed by atoms with Crippen molar-refractivity contribution in [1.29, 1.82) is 0 Å². The Kier molecular flexibility index (Phi) is 1.72. The van der Waals surface area contributed by atoms with Crippen molar-refractivity contribution < 1.29 is 14.9 Å². The maximum Gasteiger partial charge on any atom is 0.168 e. The fourth-order valence-corrected chi connectivity index (χ4v) is 2.47. The van der Waals surface area contributed by atoms with Crippen molar-refractivity contribution in [3.8, 4) is 0 Å². The zero-order chi connectivity index (χ0) is 8.82. The number of fused-ring (bicyclic) bond motifs is 2. The van der Waals surface area contributed by atoms with Gasteiger partial charge in [-0.25, -0.2) is 0 Å². The maximum atomic E-state index is 9.86. The van der Waals surface area contributed by atoms with Gasteiger partial charge in [0.2, 0.25) is 0 Å². The predicted octanol–water partition coefficient (Wildman–Crippen LogP) is 0.789. The van der Waals surface area contributed by atoms with Gasteiger partial charge >= 0.3 is 0 Å². The lowest BCUT2D eigenvalue weighted by atomic mass is 9.80. The van der Waals surface area contributed by atoms with Crippen molar-refractivity contribution in [3.05, 3.63) is 0 Å². The first kappa shape index (κ1) is 8.48. The van der Waals surface area contributed by atoms with Gasteiger partial charge in [0, 0.05) is 19.3 Å². The summed E-state index contributed by atoms with van der Waals surface area (Å²) in [4.78, 5) is 0. The van der Waals surface area contributed by atoms with Gasteiger partial charge in [-0.15, -0.1) is 0 Å². The molecule has 2 saturated heterocycles. The average Bonchev–Trinajstić information content (AvgIpc) is 1.79. The van der Waals surface area contributed by atoms with E-state index in [2.05, 4.69) is 0 Å². The molecule has 0 aliphatic carbocycles. The molecule has 0 saturated carbocycles. The first-order valence-corrected chi connectivity index (χ1v) is 4.62. The van der Waals surface area contributed by atoms with Crippen LogP contribution in [-0.2, 0) is 4.74 Å². The lowest BCUT2D eigenvalue weighted by Crippen LogP contribution is -2.53. The van der Waals surface area contributed by atoms with Gasteiger partial charge < -0.3 is 14.9 Å². The molecule has 2 bridgehead atoms. The largest absolute Gasteiger partial charge is 0.390 e. The van der Waals surface area contributed by atoms with Gasteiger partial charge in [0.1, 0.15) is 0 Å². The summed E-state index contributed by atoms with van der Waals surface area (Å²) in [5, 5.41) is 19.7. The molecule has 2 aliphatic rings. The molecule has 3 nitrogen and oxygen atoms in total. The smallest absolute Gasteiger partial charge is 0.168 e. The Bertz CT molecular complexity index is 188. The molecule has 0 spiro atoms. The second-order valence-corrected chi connectivity index (χ2v) is 4.46. The number of ether oxygens (including phenoxy) is 1. The molecule has 12 heavy (non-hydrogen) atoms. The van der Waals surface area contributed by atoms with Gasteiger partial charge in [0.25, 0.3) is 0 Å². The van der Waals surface area contributed by atoms with Crippen LogP contribution in [0.3, 0.4) is 0 Å². The zero-order valence-electron chi connectivity index (χ0n) is 7.42. The molecule has 0 aromatic carbocycles. The van der Waals surface area contributed by atoms with Crippen LogP contribution < -0.4 is 0 Å². The third kappa shape index (κ3) is 1.49. The summed E-state index contributed by atoms with van der Waals surface area (Å²) in [6.45, 7) is 1.78. The van der Waals surface area contributed by atoms with Crippen LogP contribution in [0.4, 0.5) is 0 Å². The quantitative estimate of drug-likeness (QED) is 0.568. The molecule has 2 heterocycles. The molecule has 3 atom stereocenters. The van der Waals surface area contributed by atoms with E-state index in [1.165, 1.54) is 0 Å². The monoisotopic (exact) mass is 172 g/mol. The normalized spacial score (nSPS) is 53.8. The highest BCUT2D eigenvalue weighted by atomic mass is 16.6. The lowest BCUT2D eigenvalue weighted by molar-refractivity contribution is -0.308. The van der Waals surface area contributed by atoms with E-state index in [0.29, 0.717) is 19.3 Å². The van der Waals surface area contributed by atoms with E-state index < -0.39 is 11.4 Å². The fraction of sp³-hybridized carbons (Fsp3) is 1.00. The van der Waals surface area contributed by atoms with E-state index in [0.717, 1.165) is 12.8 Å². The summed E-state index contributed by atoms with van der Waals surface area (Å²) in [6, 6.07) is 0. The van der Waals surface area contributed by atoms with Crippen LogP contribution in [0.2, 0.25) is 0 Å². The fourth-order valence-electron chi connectivity index (χ4n) is 2.47. The first-order valence-electron chi connectivity index (χ1n) is 4.62. The van der Waals surface area contributed by atoms with Gasteiger partial charge in [-0.05, 0) is 19.8 Å². The summed E-state index contributed by atoms with van der Waals surface area (Å²) in [5.41, 5.74) is -0.738. The summed E-state index contributed by atoms with van der Waals surface area (Å²) in [6.07, 6.45) is 3.73. The van der Waals surface area contributed by atoms with Gasteiger partial charge in [-0.3, -0.25) is 0 Å². The highest BCUT2D eigenvalue weighted by molar-refractivity contribution is 4.93. The number of hydrogen-bond donors (Lipinski definition) is 2. The molecular formula is C9H16O3. The van der Waals surface area contributed by atoms with Crippen molar-refractivity contribution in [2.45, 2.75) is 56.5 Å². The van der Waals surface area contributed by atoms with E-state index >= 15 is 0 Å². The van der Waals surface area contributed by atoms with Crippen molar-refractivity contribution in [2.75, 3.05) is 0 Å². The van der Waals surface area contributed by atoms with Crippen molar-refractivity contribution >= 4 is 0 Å². The minimum Gasteiger partial charge on any atom is -0.390 e. The van der Waals surface area contributed by atoms with Crippen molar-refractivity contribution in [1.82, 2.24) is 0 Å². The Morgan fingerprint density at radius 1 is 1.42 bits per heavy atom. The summed E-state index contributed by atoms with van der Waals surface area (Å²) in [5.74, 6) is -1.04. The summed E-state index contributed by atoms with van der Waals surface area (Å²) >= 11 is 0. The van der Waals surface area contributed by atoms with E-state index in [4.69, 9.17) is 4.74 Å². The molecule has 70 valence electrons. The van der Waals surface area contributed by atoms with E-state index in [1.54, 1.807) is 6.92 Å². The second kappa shape index (κ2) is 2.44. The highest BCUT2D eigenvalue weighted by Crippen LogP contribution is 2.41. The third-order valence-electron chi connectivity index (χ3n) is 2.80. The molecule has 0 aromatic heterocycles. The first-order chi connectivity index (χ1) is 5.49. The molecule has 2 aliphatic heterocycles. The topological polar surface area (TPSA) is 49.7 Å². The molecule has 0 radical (unpaired) electrons. The summed E-state index contributed by atoms with van der Waals surface area (Å²) in [7, 11) is 0. The van der Waals surface area contributed by atoms with Gasteiger partial charge in [-0.1, -0.05) is 0 Å². The molecule has 2 rings (SSSR count). The molecule has 0 aromatic rings. The number of rotatable bonds is 0. The molecular weight excluding hydrogens is 156 g/mol. The Balaban J connectivity index is 2.16. The molecule has 0 unspecified atom stereocenters. The Morgan fingerprint density at radius 2 is 2.17 bits per heavy atom. The maximum absolute atomic E-state index is 9.86. The zero-order valence-corrected chi connectivity index (χ0v) is 7.42. The van der Waals surface area contributed by atoms with Crippen LogP contribution >= 0.6 is 0 Å². The van der Waals surface area contributed by atoms with E-state index in [1.807, 2.05) is 0 Å². The Labute approximate surface area is 72.3 Å². The second-order valence-electron chi connectivity index (χ2n) is 4.46. The predicted molar refractivity (Wildman–Crippen MR) is 43.5 cm³/mol. The van der Waals surface area contributed by atoms with Crippen LogP contribution in [-0.4, -0.2) is 27.7 Å². The van der Waals surface area contributed by atoms with Gasteiger partial charge in [0.15, 0.2) is 5.79 Å². The number of hydrogen-bond acceptors (Lipinski definition) is 3. The van der Waals surface area contributed by atoms with Crippen molar-refractivity contribution in [2.24, 2.45) is 0 Å². The minimum atomic E-state index is -1.04. The van der Waals surface area contributed by atoms with Gasteiger partial charge in [0.05, 0.1) is 11.7 Å². The number of aliphatic hydroxyl groups is 2. The average molecular weight is 172 g/mol. The molecule has 2 N–H and O–H groups in total. The van der Waals surface area contributed by atoms with Crippen LogP contribution in [0.1, 0.15) is 39.0 Å². The molecule has 3 heteroatoms.